The Morgan fingerprint density at radius 3 is 2.85 bits per heavy atom. The molecular formula is C24H27N7O2. The number of ether oxygens (including phenoxy) is 1. The molecule has 2 aliphatic rings. The molecule has 9 heteroatoms. The minimum atomic E-state index is -0.349. The van der Waals surface area contributed by atoms with E-state index in [1.807, 2.05) is 19.3 Å². The molecule has 0 radical (unpaired) electrons. The van der Waals surface area contributed by atoms with Crippen LogP contribution in [0.5, 0.6) is 5.75 Å². The number of carbonyl (C=O) groups excluding carboxylic acids is 1. The predicted molar refractivity (Wildman–Crippen MR) is 126 cm³/mol. The second-order valence-electron chi connectivity index (χ2n) is 8.51. The maximum atomic E-state index is 12.9. The molecule has 1 saturated heterocycles. The summed E-state index contributed by atoms with van der Waals surface area (Å²) in [5.41, 5.74) is 1.56. The first kappa shape index (κ1) is 21.2. The van der Waals surface area contributed by atoms with E-state index in [0.29, 0.717) is 23.5 Å². The molecule has 3 aromatic rings. The molecule has 170 valence electrons. The fraction of sp³-hybridized carbons (Fsp3) is 0.417. The molecule has 1 saturated carbocycles. The third-order valence-corrected chi connectivity index (χ3v) is 5.88. The van der Waals surface area contributed by atoms with E-state index in [2.05, 4.69) is 42.4 Å². The number of hydrogen-bond acceptors (Lipinski definition) is 7. The average molecular weight is 446 g/mol. The van der Waals surface area contributed by atoms with Gasteiger partial charge in [-0.3, -0.25) is 9.48 Å². The first-order valence-corrected chi connectivity index (χ1v) is 11.2. The van der Waals surface area contributed by atoms with Gasteiger partial charge in [0.1, 0.15) is 23.9 Å². The summed E-state index contributed by atoms with van der Waals surface area (Å²) in [5.74, 6) is 6.63. The van der Waals surface area contributed by atoms with Gasteiger partial charge in [-0.15, -0.1) is 5.92 Å². The molecule has 3 heterocycles. The highest BCUT2D eigenvalue weighted by atomic mass is 16.5. The zero-order chi connectivity index (χ0) is 22.8. The number of fused-ring (bicyclic) bond motifs is 1. The van der Waals surface area contributed by atoms with Gasteiger partial charge < -0.3 is 20.3 Å². The van der Waals surface area contributed by atoms with Crippen molar-refractivity contribution in [2.45, 2.75) is 38.3 Å². The fourth-order valence-corrected chi connectivity index (χ4v) is 4.05. The van der Waals surface area contributed by atoms with Crippen LogP contribution in [0.1, 0.15) is 36.7 Å². The van der Waals surface area contributed by atoms with Crippen LogP contribution in [-0.4, -0.2) is 57.4 Å². The van der Waals surface area contributed by atoms with E-state index in [0.717, 1.165) is 36.2 Å². The lowest BCUT2D eigenvalue weighted by atomic mass is 10.2. The van der Waals surface area contributed by atoms with Gasteiger partial charge in [-0.1, -0.05) is 5.92 Å². The molecule has 0 bridgehead atoms. The molecule has 9 nitrogen and oxygen atoms in total. The normalized spacial score (nSPS) is 17.6. The minimum Gasteiger partial charge on any atom is -0.479 e. The average Bonchev–Trinajstić information content (AvgIpc) is 3.37. The largest absolute Gasteiger partial charge is 0.479 e. The number of amides is 1. The lowest BCUT2D eigenvalue weighted by molar-refractivity contribution is 0.102. The Labute approximate surface area is 192 Å². The minimum absolute atomic E-state index is 0.221. The van der Waals surface area contributed by atoms with E-state index in [9.17, 15) is 4.79 Å². The molecule has 33 heavy (non-hydrogen) atoms. The lowest BCUT2D eigenvalue weighted by Crippen LogP contribution is -2.34. The van der Waals surface area contributed by atoms with Crippen LogP contribution in [0.25, 0.3) is 10.9 Å². The first-order chi connectivity index (χ1) is 16.1. The van der Waals surface area contributed by atoms with E-state index in [1.165, 1.54) is 19.0 Å². The number of rotatable bonds is 7. The third-order valence-electron chi connectivity index (χ3n) is 5.88. The molecule has 2 aromatic heterocycles. The van der Waals surface area contributed by atoms with Gasteiger partial charge in [0.05, 0.1) is 23.6 Å². The van der Waals surface area contributed by atoms with Crippen LogP contribution < -0.4 is 20.3 Å². The lowest BCUT2D eigenvalue weighted by Gasteiger charge is -2.17. The molecule has 1 unspecified atom stereocenters. The summed E-state index contributed by atoms with van der Waals surface area (Å²) in [4.78, 5) is 24.0. The fourth-order valence-electron chi connectivity index (χ4n) is 4.05. The summed E-state index contributed by atoms with van der Waals surface area (Å²) in [6.45, 7) is 3.83. The van der Waals surface area contributed by atoms with Gasteiger partial charge in [0.15, 0.2) is 0 Å². The quantitative estimate of drug-likeness (QED) is 0.539. The van der Waals surface area contributed by atoms with Crippen molar-refractivity contribution < 1.29 is 9.53 Å². The van der Waals surface area contributed by atoms with Crippen molar-refractivity contribution in [1.82, 2.24) is 25.1 Å². The second kappa shape index (κ2) is 9.08. The van der Waals surface area contributed by atoms with Crippen LogP contribution in [0, 0.1) is 11.8 Å². The number of carbonyl (C=O) groups is 1. The predicted octanol–water partition coefficient (Wildman–Crippen LogP) is 2.35. The number of nitrogens with one attached hydrogen (secondary N) is 2. The molecule has 0 spiro atoms. The molecular weight excluding hydrogens is 418 g/mol. The number of aryl methyl sites for hydroxylation is 1. The van der Waals surface area contributed by atoms with Crippen molar-refractivity contribution in [3.63, 3.8) is 0 Å². The maximum absolute atomic E-state index is 12.9. The number of anilines is 2. The number of aromatic nitrogens is 4. The molecule has 1 atom stereocenters. The standard InChI is InChI=1S/C24H27N7O2/c1-3-4-9-33-22-11-19-16(14-30(2)29-19)10-20(22)28-24(32)21-12-26-23(13-25-21)31-8-7-18(15-31)27-17-5-6-17/h10-14,17-18,27H,5-9,15H2,1-2H3,(H,28,32). The Kier molecular flexibility index (Phi) is 5.84. The van der Waals surface area contributed by atoms with Crippen molar-refractivity contribution in [2.24, 2.45) is 7.05 Å². The highest BCUT2D eigenvalue weighted by molar-refractivity contribution is 6.04. The van der Waals surface area contributed by atoms with Crippen molar-refractivity contribution in [2.75, 3.05) is 29.9 Å². The highest BCUT2D eigenvalue weighted by Gasteiger charge is 2.29. The van der Waals surface area contributed by atoms with Crippen LogP contribution in [0.15, 0.2) is 30.7 Å². The van der Waals surface area contributed by atoms with E-state index < -0.39 is 0 Å². The number of hydrogen-bond donors (Lipinski definition) is 2. The van der Waals surface area contributed by atoms with Crippen LogP contribution in [0.4, 0.5) is 11.5 Å². The second-order valence-corrected chi connectivity index (χ2v) is 8.51. The van der Waals surface area contributed by atoms with Gasteiger partial charge >= 0.3 is 0 Å². The number of benzene rings is 1. The molecule has 1 aliphatic carbocycles. The maximum Gasteiger partial charge on any atom is 0.275 e. The van der Waals surface area contributed by atoms with Gasteiger partial charge in [0.25, 0.3) is 5.91 Å². The molecule has 2 fully saturated rings. The highest BCUT2D eigenvalue weighted by Crippen LogP contribution is 2.30. The topological polar surface area (TPSA) is 97.2 Å². The summed E-state index contributed by atoms with van der Waals surface area (Å²) in [5, 5.41) is 11.9. The molecule has 1 amide bonds. The van der Waals surface area contributed by atoms with Crippen LogP contribution in [0.3, 0.4) is 0 Å². The zero-order valence-corrected chi connectivity index (χ0v) is 18.8. The summed E-state index contributed by atoms with van der Waals surface area (Å²) in [6, 6.07) is 4.84. The molecule has 2 N–H and O–H groups in total. The Morgan fingerprint density at radius 2 is 2.09 bits per heavy atom. The van der Waals surface area contributed by atoms with E-state index in [4.69, 9.17) is 4.74 Å². The summed E-state index contributed by atoms with van der Waals surface area (Å²) in [6.07, 6.45) is 8.75. The molecule has 1 aromatic carbocycles. The van der Waals surface area contributed by atoms with E-state index >= 15 is 0 Å². The smallest absolute Gasteiger partial charge is 0.275 e. The van der Waals surface area contributed by atoms with Gasteiger partial charge in [-0.05, 0) is 32.3 Å². The van der Waals surface area contributed by atoms with Gasteiger partial charge in [-0.25, -0.2) is 9.97 Å². The van der Waals surface area contributed by atoms with Gasteiger partial charge in [-0.2, -0.15) is 5.10 Å². The van der Waals surface area contributed by atoms with Crippen LogP contribution in [0.2, 0.25) is 0 Å². The van der Waals surface area contributed by atoms with E-state index in [-0.39, 0.29) is 18.2 Å². The summed E-state index contributed by atoms with van der Waals surface area (Å²) >= 11 is 0. The van der Waals surface area contributed by atoms with Crippen molar-refractivity contribution in [3.8, 4) is 17.6 Å². The molecule has 5 rings (SSSR count). The summed E-state index contributed by atoms with van der Waals surface area (Å²) in [7, 11) is 1.85. The van der Waals surface area contributed by atoms with Crippen LogP contribution in [-0.2, 0) is 7.05 Å². The SMILES string of the molecule is CC#CCOc1cc2nn(C)cc2cc1NC(=O)c1cnc(N2CCC(NC3CC3)C2)cn1. The van der Waals surface area contributed by atoms with Gasteiger partial charge in [0.2, 0.25) is 0 Å². The monoisotopic (exact) mass is 445 g/mol. The van der Waals surface area contributed by atoms with E-state index in [1.54, 1.807) is 23.9 Å². The van der Waals surface area contributed by atoms with Crippen LogP contribution >= 0.6 is 0 Å². The number of nitrogens with zero attached hydrogens (tertiary/aromatic N) is 5. The first-order valence-electron chi connectivity index (χ1n) is 11.2. The van der Waals surface area contributed by atoms with Crippen molar-refractivity contribution in [1.29, 1.82) is 0 Å². The summed E-state index contributed by atoms with van der Waals surface area (Å²) < 4.78 is 7.50. The Bertz CT molecular complexity index is 1220. The third kappa shape index (κ3) is 4.91. The van der Waals surface area contributed by atoms with Gasteiger partial charge in [0, 0.05) is 49.9 Å². The Morgan fingerprint density at radius 1 is 1.21 bits per heavy atom. The van der Waals surface area contributed by atoms with Crippen molar-refractivity contribution in [3.05, 3.63) is 36.4 Å². The Balaban J connectivity index is 1.29. The molecule has 1 aliphatic heterocycles. The Hall–Kier alpha value is -3.64. The van der Waals surface area contributed by atoms with Crippen molar-refractivity contribution >= 4 is 28.3 Å². The zero-order valence-electron chi connectivity index (χ0n) is 18.8.